The molecule has 0 amide bonds. The highest BCUT2D eigenvalue weighted by Gasteiger charge is 2.25. The smallest absolute Gasteiger partial charge is 0.308 e. The van der Waals surface area contributed by atoms with Crippen molar-refractivity contribution >= 4 is 5.97 Å². The molecule has 0 radical (unpaired) electrons. The molecule has 3 heteroatoms. The Morgan fingerprint density at radius 3 is 2.21 bits per heavy atom. The van der Waals surface area contributed by atoms with Gasteiger partial charge in [0.05, 0.1) is 0 Å². The Kier molecular flexibility index (Phi) is 9.58. The second kappa shape index (κ2) is 10.0. The number of carbonyl (C=O) groups is 1. The van der Waals surface area contributed by atoms with Gasteiger partial charge in [0.1, 0.15) is 0 Å². The number of unbranched alkanes of at least 4 members (excludes halogenated alkanes) is 6. The molecule has 0 bridgehead atoms. The van der Waals surface area contributed by atoms with Crippen molar-refractivity contribution in [2.75, 3.05) is 0 Å². The summed E-state index contributed by atoms with van der Waals surface area (Å²) in [7, 11) is 0. The molecule has 1 unspecified atom stereocenters. The van der Waals surface area contributed by atoms with Crippen LogP contribution < -0.4 is 0 Å². The van der Waals surface area contributed by atoms with Gasteiger partial charge in [0.15, 0.2) is 0 Å². The van der Waals surface area contributed by atoms with Crippen molar-refractivity contribution in [3.63, 3.8) is 0 Å². The van der Waals surface area contributed by atoms with Crippen LogP contribution >= 0.6 is 0 Å². The summed E-state index contributed by atoms with van der Waals surface area (Å²) in [6, 6.07) is 0. The van der Waals surface area contributed by atoms with Gasteiger partial charge in [0.2, 0.25) is 6.29 Å². The standard InChI is InChI=1S/C16H30O3/c1-5-6-7-8-9-10-11-12-13-14(17)19-15(18)16(2,3)4/h5,15,18H,1,6-13H2,2-4H3. The van der Waals surface area contributed by atoms with Crippen LogP contribution in [0.15, 0.2) is 12.7 Å². The van der Waals surface area contributed by atoms with E-state index >= 15 is 0 Å². The van der Waals surface area contributed by atoms with Gasteiger partial charge in [-0.15, -0.1) is 6.58 Å². The van der Waals surface area contributed by atoms with E-state index in [0.29, 0.717) is 6.42 Å². The molecule has 0 spiro atoms. The van der Waals surface area contributed by atoms with Gasteiger partial charge in [0.25, 0.3) is 0 Å². The van der Waals surface area contributed by atoms with Gasteiger partial charge >= 0.3 is 5.97 Å². The molecule has 1 atom stereocenters. The predicted molar refractivity (Wildman–Crippen MR) is 78.7 cm³/mol. The van der Waals surface area contributed by atoms with E-state index in [-0.39, 0.29) is 5.97 Å². The Bertz CT molecular complexity index is 253. The van der Waals surface area contributed by atoms with Crippen LogP contribution in [0.1, 0.15) is 72.1 Å². The summed E-state index contributed by atoms with van der Waals surface area (Å²) in [5, 5.41) is 9.63. The van der Waals surface area contributed by atoms with Crippen molar-refractivity contribution in [2.45, 2.75) is 78.4 Å². The third-order valence-electron chi connectivity index (χ3n) is 3.02. The second-order valence-corrected chi connectivity index (χ2v) is 6.16. The molecular formula is C16H30O3. The Hall–Kier alpha value is -0.830. The van der Waals surface area contributed by atoms with E-state index in [1.54, 1.807) is 0 Å². The van der Waals surface area contributed by atoms with E-state index in [9.17, 15) is 9.90 Å². The van der Waals surface area contributed by atoms with Gasteiger partial charge in [-0.05, 0) is 19.3 Å². The monoisotopic (exact) mass is 270 g/mol. The molecule has 0 aliphatic heterocycles. The van der Waals surface area contributed by atoms with Gasteiger partial charge in [-0.25, -0.2) is 0 Å². The summed E-state index contributed by atoms with van der Waals surface area (Å²) >= 11 is 0. The predicted octanol–water partition coefficient (Wildman–Crippen LogP) is 4.20. The van der Waals surface area contributed by atoms with E-state index in [0.717, 1.165) is 25.7 Å². The van der Waals surface area contributed by atoms with Crippen LogP contribution in [0.4, 0.5) is 0 Å². The normalized spacial score (nSPS) is 13.1. The van der Waals surface area contributed by atoms with Crippen LogP contribution in [0.3, 0.4) is 0 Å². The van der Waals surface area contributed by atoms with Crippen molar-refractivity contribution < 1.29 is 14.6 Å². The minimum Gasteiger partial charge on any atom is -0.435 e. The molecule has 0 aromatic rings. The van der Waals surface area contributed by atoms with Crippen molar-refractivity contribution in [1.29, 1.82) is 0 Å². The second-order valence-electron chi connectivity index (χ2n) is 6.16. The fourth-order valence-electron chi connectivity index (χ4n) is 1.63. The molecule has 0 aromatic carbocycles. The highest BCUT2D eigenvalue weighted by atomic mass is 16.6. The number of allylic oxidation sites excluding steroid dienone is 1. The molecule has 0 fully saturated rings. The summed E-state index contributed by atoms with van der Waals surface area (Å²) in [6.07, 6.45) is 9.15. The van der Waals surface area contributed by atoms with Crippen molar-refractivity contribution in [3.8, 4) is 0 Å². The topological polar surface area (TPSA) is 46.5 Å². The number of hydrogen-bond acceptors (Lipinski definition) is 3. The van der Waals surface area contributed by atoms with Gasteiger partial charge in [-0.3, -0.25) is 4.79 Å². The zero-order chi connectivity index (χ0) is 14.7. The maximum absolute atomic E-state index is 11.5. The Balaban J connectivity index is 3.46. The summed E-state index contributed by atoms with van der Waals surface area (Å²) < 4.78 is 4.98. The van der Waals surface area contributed by atoms with Crippen molar-refractivity contribution in [1.82, 2.24) is 0 Å². The Morgan fingerprint density at radius 1 is 1.16 bits per heavy atom. The molecule has 0 saturated heterocycles. The maximum Gasteiger partial charge on any atom is 0.308 e. The lowest BCUT2D eigenvalue weighted by Gasteiger charge is -2.25. The molecule has 0 aliphatic rings. The van der Waals surface area contributed by atoms with Crippen LogP contribution in [-0.4, -0.2) is 17.4 Å². The Labute approximate surface area is 118 Å². The van der Waals surface area contributed by atoms with Crippen molar-refractivity contribution in [3.05, 3.63) is 12.7 Å². The van der Waals surface area contributed by atoms with Crippen LogP contribution in [-0.2, 0) is 9.53 Å². The van der Waals surface area contributed by atoms with E-state index in [4.69, 9.17) is 4.74 Å². The largest absolute Gasteiger partial charge is 0.435 e. The Morgan fingerprint density at radius 2 is 1.68 bits per heavy atom. The number of rotatable bonds is 10. The number of hydrogen-bond donors (Lipinski definition) is 1. The first kappa shape index (κ1) is 18.2. The van der Waals surface area contributed by atoms with Gasteiger partial charge in [-0.2, -0.15) is 0 Å². The van der Waals surface area contributed by atoms with Crippen LogP contribution in [0.2, 0.25) is 0 Å². The maximum atomic E-state index is 11.5. The lowest BCUT2D eigenvalue weighted by molar-refractivity contribution is -0.186. The lowest BCUT2D eigenvalue weighted by Crippen LogP contribution is -2.31. The minimum atomic E-state index is -1.01. The number of esters is 1. The van der Waals surface area contributed by atoms with E-state index in [2.05, 4.69) is 6.58 Å². The summed E-state index contributed by atoms with van der Waals surface area (Å²) in [6.45, 7) is 9.22. The quantitative estimate of drug-likeness (QED) is 0.280. The van der Waals surface area contributed by atoms with E-state index < -0.39 is 11.7 Å². The number of aliphatic hydroxyl groups excluding tert-OH is 1. The van der Waals surface area contributed by atoms with Gasteiger partial charge in [0, 0.05) is 11.8 Å². The van der Waals surface area contributed by atoms with E-state index in [1.807, 2.05) is 26.8 Å². The fourth-order valence-corrected chi connectivity index (χ4v) is 1.63. The molecule has 3 nitrogen and oxygen atoms in total. The summed E-state index contributed by atoms with van der Waals surface area (Å²) in [5.41, 5.74) is -0.416. The number of aliphatic hydroxyl groups is 1. The first-order valence-electron chi connectivity index (χ1n) is 7.36. The summed E-state index contributed by atoms with van der Waals surface area (Å²) in [4.78, 5) is 11.5. The zero-order valence-corrected chi connectivity index (χ0v) is 12.8. The molecule has 0 rings (SSSR count). The molecule has 0 heterocycles. The molecule has 0 saturated carbocycles. The zero-order valence-electron chi connectivity index (χ0n) is 12.8. The van der Waals surface area contributed by atoms with Gasteiger partial charge < -0.3 is 9.84 Å². The average Bonchev–Trinajstić information content (AvgIpc) is 2.31. The first-order chi connectivity index (χ1) is 8.88. The fraction of sp³-hybridized carbons (Fsp3) is 0.812. The summed E-state index contributed by atoms with van der Waals surface area (Å²) in [5.74, 6) is -0.297. The molecule has 0 aromatic heterocycles. The number of carbonyl (C=O) groups excluding carboxylic acids is 1. The molecule has 1 N–H and O–H groups in total. The van der Waals surface area contributed by atoms with Crippen LogP contribution in [0.5, 0.6) is 0 Å². The molecule has 0 aliphatic carbocycles. The molecule has 19 heavy (non-hydrogen) atoms. The SMILES string of the molecule is C=CCCCCCCCCC(=O)OC(O)C(C)(C)C. The lowest BCUT2D eigenvalue weighted by atomic mass is 9.96. The van der Waals surface area contributed by atoms with Crippen LogP contribution in [0.25, 0.3) is 0 Å². The first-order valence-corrected chi connectivity index (χ1v) is 7.36. The number of ether oxygens (including phenoxy) is 1. The van der Waals surface area contributed by atoms with Crippen molar-refractivity contribution in [2.24, 2.45) is 5.41 Å². The highest BCUT2D eigenvalue weighted by Crippen LogP contribution is 2.20. The molecular weight excluding hydrogens is 240 g/mol. The van der Waals surface area contributed by atoms with Gasteiger partial charge in [-0.1, -0.05) is 52.5 Å². The highest BCUT2D eigenvalue weighted by molar-refractivity contribution is 5.69. The third kappa shape index (κ3) is 10.8. The van der Waals surface area contributed by atoms with E-state index in [1.165, 1.54) is 19.3 Å². The average molecular weight is 270 g/mol. The molecule has 112 valence electrons. The third-order valence-corrected chi connectivity index (χ3v) is 3.02. The van der Waals surface area contributed by atoms with Crippen LogP contribution in [0, 0.1) is 5.41 Å². The minimum absolute atomic E-state index is 0.297.